The van der Waals surface area contributed by atoms with Crippen molar-refractivity contribution < 1.29 is 4.74 Å². The summed E-state index contributed by atoms with van der Waals surface area (Å²) in [5.74, 6) is 0.986. The maximum Gasteiger partial charge on any atom is 0.129 e. The van der Waals surface area contributed by atoms with Crippen LogP contribution in [0.1, 0.15) is 30.4 Å². The number of hydrogen-bond acceptors (Lipinski definition) is 3. The molecule has 25 heavy (non-hydrogen) atoms. The monoisotopic (exact) mass is 356 g/mol. The largest absolute Gasteiger partial charge is 0.373 e. The van der Waals surface area contributed by atoms with E-state index in [2.05, 4.69) is 46.3 Å². The Morgan fingerprint density at radius 3 is 2.52 bits per heavy atom. The summed E-state index contributed by atoms with van der Waals surface area (Å²) in [5.41, 5.74) is 2.36. The zero-order valence-corrected chi connectivity index (χ0v) is 15.5. The number of methoxy groups -OCH3 is 1. The zero-order valence-electron chi connectivity index (χ0n) is 14.7. The lowest BCUT2D eigenvalue weighted by molar-refractivity contribution is -0.170. The number of likely N-dealkylation sites (tertiary alicyclic amines) is 1. The first-order valence-corrected chi connectivity index (χ1v) is 9.53. The molecule has 1 aliphatic carbocycles. The van der Waals surface area contributed by atoms with Crippen LogP contribution in [0, 0.1) is 11.8 Å². The Balaban J connectivity index is 1.63. The van der Waals surface area contributed by atoms with Crippen LogP contribution in [0.4, 0.5) is 0 Å². The lowest BCUT2D eigenvalue weighted by Gasteiger charge is -2.55. The Morgan fingerprint density at radius 1 is 1.16 bits per heavy atom. The van der Waals surface area contributed by atoms with E-state index in [0.29, 0.717) is 17.0 Å². The number of fused-ring (bicyclic) bond motifs is 2. The fourth-order valence-electron chi connectivity index (χ4n) is 5.06. The minimum Gasteiger partial charge on any atom is -0.373 e. The zero-order chi connectivity index (χ0) is 17.3. The Kier molecular flexibility index (Phi) is 4.81. The lowest BCUT2D eigenvalue weighted by atomic mass is 9.62. The van der Waals surface area contributed by atoms with Crippen molar-refractivity contribution in [3.05, 3.63) is 64.9 Å². The van der Waals surface area contributed by atoms with Crippen molar-refractivity contribution in [2.24, 2.45) is 11.8 Å². The Hall–Kier alpha value is -1.42. The quantitative estimate of drug-likeness (QED) is 0.754. The van der Waals surface area contributed by atoms with Crippen molar-refractivity contribution in [1.29, 1.82) is 0 Å². The van der Waals surface area contributed by atoms with E-state index in [4.69, 9.17) is 16.3 Å². The highest BCUT2D eigenvalue weighted by atomic mass is 35.5. The van der Waals surface area contributed by atoms with Gasteiger partial charge < -0.3 is 4.74 Å². The first-order valence-electron chi connectivity index (χ1n) is 9.16. The fourth-order valence-corrected chi connectivity index (χ4v) is 5.24. The molecule has 132 valence electrons. The molecule has 0 spiro atoms. The summed E-state index contributed by atoms with van der Waals surface area (Å²) in [7, 11) is 1.87. The van der Waals surface area contributed by atoms with Gasteiger partial charge in [0.05, 0.1) is 0 Å². The molecule has 1 saturated heterocycles. The van der Waals surface area contributed by atoms with Gasteiger partial charge in [0.25, 0.3) is 0 Å². The fraction of sp³-hybridized carbons (Fsp3) is 0.476. The van der Waals surface area contributed by atoms with Crippen molar-refractivity contribution in [2.45, 2.75) is 31.4 Å². The first-order chi connectivity index (χ1) is 12.2. The van der Waals surface area contributed by atoms with E-state index < -0.39 is 0 Å². The van der Waals surface area contributed by atoms with Crippen LogP contribution in [0.15, 0.2) is 48.7 Å². The van der Waals surface area contributed by atoms with Crippen molar-refractivity contribution in [1.82, 2.24) is 9.88 Å². The van der Waals surface area contributed by atoms with Crippen LogP contribution in [0.3, 0.4) is 0 Å². The summed E-state index contributed by atoms with van der Waals surface area (Å²) in [5, 5.41) is 0.554. The van der Waals surface area contributed by atoms with E-state index in [1.165, 1.54) is 30.4 Å². The number of rotatable bonds is 4. The van der Waals surface area contributed by atoms with E-state index in [0.717, 1.165) is 19.6 Å². The molecule has 0 radical (unpaired) electrons. The van der Waals surface area contributed by atoms with Crippen molar-refractivity contribution in [3.8, 4) is 0 Å². The minimum absolute atomic E-state index is 0.224. The normalized spacial score (nSPS) is 29.5. The topological polar surface area (TPSA) is 25.4 Å². The molecule has 2 heterocycles. The highest BCUT2D eigenvalue weighted by Crippen LogP contribution is 2.51. The highest BCUT2D eigenvalue weighted by molar-refractivity contribution is 6.29. The highest BCUT2D eigenvalue weighted by Gasteiger charge is 2.53. The van der Waals surface area contributed by atoms with Crippen LogP contribution in [0.5, 0.6) is 0 Å². The van der Waals surface area contributed by atoms with Gasteiger partial charge in [-0.3, -0.25) is 4.90 Å². The van der Waals surface area contributed by atoms with Crippen molar-refractivity contribution >= 4 is 11.6 Å². The molecule has 3 atom stereocenters. The minimum atomic E-state index is -0.224. The van der Waals surface area contributed by atoms with Crippen LogP contribution < -0.4 is 0 Å². The molecule has 2 aromatic rings. The Morgan fingerprint density at radius 2 is 1.88 bits per heavy atom. The summed E-state index contributed by atoms with van der Waals surface area (Å²) in [6.45, 7) is 3.16. The van der Waals surface area contributed by atoms with Gasteiger partial charge in [-0.2, -0.15) is 0 Å². The van der Waals surface area contributed by atoms with Gasteiger partial charge >= 0.3 is 0 Å². The van der Waals surface area contributed by atoms with E-state index in [9.17, 15) is 0 Å². The summed E-state index contributed by atoms with van der Waals surface area (Å²) < 4.78 is 6.27. The van der Waals surface area contributed by atoms with Gasteiger partial charge in [-0.05, 0) is 36.1 Å². The van der Waals surface area contributed by atoms with Crippen molar-refractivity contribution in [2.75, 3.05) is 20.2 Å². The maximum atomic E-state index is 6.27. The molecule has 1 aliphatic heterocycles. The van der Waals surface area contributed by atoms with Crippen LogP contribution in [0.2, 0.25) is 5.15 Å². The van der Waals surface area contributed by atoms with E-state index in [-0.39, 0.29) is 5.60 Å². The molecule has 3 nitrogen and oxygen atoms in total. The SMILES string of the molecule is CO[C@]1(c2ccnc(Cl)c2)[C@@H]2CCC[C@H]1CN(Cc1ccccc1)C2. The molecule has 0 N–H and O–H groups in total. The van der Waals surface area contributed by atoms with Gasteiger partial charge in [-0.15, -0.1) is 0 Å². The molecule has 1 aromatic heterocycles. The second-order valence-electron chi connectivity index (χ2n) is 7.37. The number of nitrogens with zero attached hydrogens (tertiary/aromatic N) is 2. The summed E-state index contributed by atoms with van der Waals surface area (Å²) in [6.07, 6.45) is 5.51. The number of ether oxygens (including phenoxy) is 1. The molecular formula is C21H25ClN2O. The van der Waals surface area contributed by atoms with Crippen LogP contribution in [-0.4, -0.2) is 30.1 Å². The third kappa shape index (κ3) is 3.10. The van der Waals surface area contributed by atoms with Gasteiger partial charge in [-0.25, -0.2) is 4.98 Å². The Bertz CT molecular complexity index is 707. The number of halogens is 1. The third-order valence-electron chi connectivity index (χ3n) is 6.04. The first kappa shape index (κ1) is 17.0. The molecule has 1 aromatic carbocycles. The van der Waals surface area contributed by atoms with Crippen LogP contribution in [0.25, 0.3) is 0 Å². The number of piperidine rings is 1. The summed E-state index contributed by atoms with van der Waals surface area (Å²) in [6, 6.07) is 14.9. The second-order valence-corrected chi connectivity index (χ2v) is 7.76. The molecule has 0 unspecified atom stereocenters. The molecule has 2 aliphatic rings. The number of aromatic nitrogens is 1. The molecule has 0 amide bonds. The summed E-state index contributed by atoms with van der Waals surface area (Å²) >= 11 is 6.20. The average molecular weight is 357 g/mol. The van der Waals surface area contributed by atoms with Gasteiger partial charge in [0.1, 0.15) is 10.8 Å². The Labute approximate surface area is 155 Å². The molecule has 2 bridgehead atoms. The predicted molar refractivity (Wildman–Crippen MR) is 100 cm³/mol. The molecular weight excluding hydrogens is 332 g/mol. The van der Waals surface area contributed by atoms with Crippen LogP contribution in [-0.2, 0) is 16.9 Å². The van der Waals surface area contributed by atoms with Gasteiger partial charge in [-0.1, -0.05) is 48.4 Å². The molecule has 4 heteroatoms. The lowest BCUT2D eigenvalue weighted by Crippen LogP contribution is -2.58. The summed E-state index contributed by atoms with van der Waals surface area (Å²) in [4.78, 5) is 6.77. The standard InChI is InChI=1S/C21H25ClN2O/c1-25-21(17-10-11-23-20(22)12-17)18-8-5-9-19(21)15-24(14-18)13-16-6-3-2-4-7-16/h2-4,6-7,10-12,18-19H,5,8-9,13-15H2,1H3/t18-,19+,21-. The van der Waals surface area contributed by atoms with E-state index >= 15 is 0 Å². The van der Waals surface area contributed by atoms with Gasteiger partial charge in [0, 0.05) is 44.8 Å². The molecule has 4 rings (SSSR count). The molecule has 2 fully saturated rings. The number of benzene rings is 1. The van der Waals surface area contributed by atoms with E-state index in [1.54, 1.807) is 0 Å². The van der Waals surface area contributed by atoms with Crippen molar-refractivity contribution in [3.63, 3.8) is 0 Å². The predicted octanol–water partition coefficient (Wildman–Crippen LogP) is 4.51. The van der Waals surface area contributed by atoms with Gasteiger partial charge in [0.15, 0.2) is 0 Å². The average Bonchev–Trinajstić information content (AvgIpc) is 2.62. The van der Waals surface area contributed by atoms with E-state index in [1.807, 2.05) is 19.4 Å². The number of pyridine rings is 1. The van der Waals surface area contributed by atoms with Gasteiger partial charge in [0.2, 0.25) is 0 Å². The van der Waals surface area contributed by atoms with Crippen LogP contribution >= 0.6 is 11.6 Å². The maximum absolute atomic E-state index is 6.27. The molecule has 1 saturated carbocycles. The smallest absolute Gasteiger partial charge is 0.129 e. The number of hydrogen-bond donors (Lipinski definition) is 0. The second kappa shape index (κ2) is 7.06. The third-order valence-corrected chi connectivity index (χ3v) is 6.25.